The zero-order valence-electron chi connectivity index (χ0n) is 8.99. The maximum atomic E-state index is 11.2. The average Bonchev–Trinajstić information content (AvgIpc) is 2.25. The van der Waals surface area contributed by atoms with E-state index in [0.717, 1.165) is 5.56 Å². The van der Waals surface area contributed by atoms with Gasteiger partial charge in [0.15, 0.2) is 0 Å². The van der Waals surface area contributed by atoms with E-state index in [2.05, 4.69) is 10.6 Å². The van der Waals surface area contributed by atoms with E-state index in [4.69, 9.17) is 5.11 Å². The zero-order chi connectivity index (χ0) is 12.0. The molecule has 0 unspecified atom stereocenters. The SMILES string of the molecule is CC(=O)NCC(=O)NCc1ccc(O)cc1. The van der Waals surface area contributed by atoms with Crippen LogP contribution in [-0.4, -0.2) is 23.5 Å². The number of carbonyl (C=O) groups excluding carboxylic acids is 2. The van der Waals surface area contributed by atoms with Gasteiger partial charge in [-0.15, -0.1) is 0 Å². The Balaban J connectivity index is 2.31. The number of hydrogen-bond acceptors (Lipinski definition) is 3. The van der Waals surface area contributed by atoms with Crippen LogP contribution in [-0.2, 0) is 16.1 Å². The number of benzene rings is 1. The summed E-state index contributed by atoms with van der Waals surface area (Å²) in [7, 11) is 0. The summed E-state index contributed by atoms with van der Waals surface area (Å²) in [5, 5.41) is 14.1. The number of phenols is 1. The van der Waals surface area contributed by atoms with Gasteiger partial charge in [0.2, 0.25) is 11.8 Å². The summed E-state index contributed by atoms with van der Waals surface area (Å²) >= 11 is 0. The van der Waals surface area contributed by atoms with Crippen molar-refractivity contribution in [3.63, 3.8) is 0 Å². The first-order valence-electron chi connectivity index (χ1n) is 4.87. The van der Waals surface area contributed by atoms with Gasteiger partial charge >= 0.3 is 0 Å². The highest BCUT2D eigenvalue weighted by atomic mass is 16.3. The molecule has 16 heavy (non-hydrogen) atoms. The fourth-order valence-corrected chi connectivity index (χ4v) is 1.08. The number of carbonyl (C=O) groups is 2. The van der Waals surface area contributed by atoms with E-state index < -0.39 is 0 Å². The lowest BCUT2D eigenvalue weighted by Crippen LogP contribution is -2.35. The third kappa shape index (κ3) is 4.45. The summed E-state index contributed by atoms with van der Waals surface area (Å²) < 4.78 is 0. The van der Waals surface area contributed by atoms with Gasteiger partial charge in [-0.2, -0.15) is 0 Å². The largest absolute Gasteiger partial charge is 0.508 e. The molecule has 5 heteroatoms. The second kappa shape index (κ2) is 5.75. The second-order valence-electron chi connectivity index (χ2n) is 3.35. The van der Waals surface area contributed by atoms with Gasteiger partial charge in [-0.1, -0.05) is 12.1 Å². The molecule has 1 aromatic carbocycles. The summed E-state index contributed by atoms with van der Waals surface area (Å²) in [4.78, 5) is 21.8. The van der Waals surface area contributed by atoms with Crippen molar-refractivity contribution in [3.8, 4) is 5.75 Å². The van der Waals surface area contributed by atoms with Crippen LogP contribution in [0.2, 0.25) is 0 Å². The van der Waals surface area contributed by atoms with Crippen molar-refractivity contribution in [2.45, 2.75) is 13.5 Å². The Bertz CT molecular complexity index is 373. The van der Waals surface area contributed by atoms with Gasteiger partial charge in [0.25, 0.3) is 0 Å². The minimum Gasteiger partial charge on any atom is -0.508 e. The van der Waals surface area contributed by atoms with E-state index in [9.17, 15) is 9.59 Å². The third-order valence-corrected chi connectivity index (χ3v) is 1.92. The van der Waals surface area contributed by atoms with Crippen LogP contribution in [0, 0.1) is 0 Å². The number of nitrogens with one attached hydrogen (secondary N) is 2. The first kappa shape index (κ1) is 12.0. The molecule has 0 saturated heterocycles. The lowest BCUT2D eigenvalue weighted by molar-refractivity contribution is -0.125. The number of rotatable bonds is 4. The van der Waals surface area contributed by atoms with Crippen LogP contribution < -0.4 is 10.6 Å². The third-order valence-electron chi connectivity index (χ3n) is 1.92. The summed E-state index contributed by atoms with van der Waals surface area (Å²) in [6, 6.07) is 6.53. The quantitative estimate of drug-likeness (QED) is 0.678. The predicted octanol–water partition coefficient (Wildman–Crippen LogP) is 0.145. The average molecular weight is 222 g/mol. The first-order valence-corrected chi connectivity index (χ1v) is 4.87. The minimum absolute atomic E-state index is 0.0204. The van der Waals surface area contributed by atoms with Crippen LogP contribution in [0.3, 0.4) is 0 Å². The predicted molar refractivity (Wildman–Crippen MR) is 58.6 cm³/mol. The molecule has 0 radical (unpaired) electrons. The van der Waals surface area contributed by atoms with Crippen molar-refractivity contribution in [2.75, 3.05) is 6.54 Å². The summed E-state index contributed by atoms with van der Waals surface area (Å²) in [6.07, 6.45) is 0. The van der Waals surface area contributed by atoms with Crippen LogP contribution in [0.1, 0.15) is 12.5 Å². The monoisotopic (exact) mass is 222 g/mol. The summed E-state index contributed by atoms with van der Waals surface area (Å²) in [5.74, 6) is -0.295. The van der Waals surface area contributed by atoms with E-state index in [0.29, 0.717) is 6.54 Å². The molecule has 0 heterocycles. The molecule has 0 aliphatic rings. The maximum absolute atomic E-state index is 11.2. The molecule has 0 atom stereocenters. The molecule has 0 spiro atoms. The highest BCUT2D eigenvalue weighted by Crippen LogP contribution is 2.08. The van der Waals surface area contributed by atoms with Crippen molar-refractivity contribution in [1.29, 1.82) is 0 Å². The molecule has 0 saturated carbocycles. The molecule has 0 aliphatic carbocycles. The molecule has 1 rings (SSSR count). The molecule has 3 N–H and O–H groups in total. The molecule has 0 fully saturated rings. The van der Waals surface area contributed by atoms with Crippen molar-refractivity contribution >= 4 is 11.8 Å². The van der Waals surface area contributed by atoms with Crippen molar-refractivity contribution in [1.82, 2.24) is 10.6 Å². The molecular formula is C11H14N2O3. The van der Waals surface area contributed by atoms with Crippen molar-refractivity contribution < 1.29 is 14.7 Å². The molecule has 5 nitrogen and oxygen atoms in total. The van der Waals surface area contributed by atoms with E-state index in [1.165, 1.54) is 6.92 Å². The maximum Gasteiger partial charge on any atom is 0.239 e. The Morgan fingerprint density at radius 3 is 2.38 bits per heavy atom. The lowest BCUT2D eigenvalue weighted by Gasteiger charge is -2.05. The summed E-state index contributed by atoms with van der Waals surface area (Å²) in [5.41, 5.74) is 0.883. The zero-order valence-corrected chi connectivity index (χ0v) is 8.99. The van der Waals surface area contributed by atoms with Crippen molar-refractivity contribution in [2.24, 2.45) is 0 Å². The number of amides is 2. The number of hydrogen-bond donors (Lipinski definition) is 3. The van der Waals surface area contributed by atoms with Crippen LogP contribution in [0.4, 0.5) is 0 Å². The van der Waals surface area contributed by atoms with E-state index in [1.807, 2.05) is 0 Å². The molecule has 2 amide bonds. The summed E-state index contributed by atoms with van der Waals surface area (Å²) in [6.45, 7) is 1.71. The normalized spacial score (nSPS) is 9.56. The van der Waals surface area contributed by atoms with Crippen LogP contribution in [0.25, 0.3) is 0 Å². The lowest BCUT2D eigenvalue weighted by atomic mass is 10.2. The van der Waals surface area contributed by atoms with E-state index in [1.54, 1.807) is 24.3 Å². The van der Waals surface area contributed by atoms with E-state index >= 15 is 0 Å². The smallest absolute Gasteiger partial charge is 0.239 e. The number of phenolic OH excluding ortho intramolecular Hbond substituents is 1. The molecular weight excluding hydrogens is 208 g/mol. The Hall–Kier alpha value is -2.04. The molecule has 0 bridgehead atoms. The van der Waals surface area contributed by atoms with Gasteiger partial charge in [-0.3, -0.25) is 9.59 Å². The van der Waals surface area contributed by atoms with Gasteiger partial charge in [0, 0.05) is 13.5 Å². The Morgan fingerprint density at radius 1 is 1.19 bits per heavy atom. The van der Waals surface area contributed by atoms with Gasteiger partial charge in [-0.25, -0.2) is 0 Å². The second-order valence-corrected chi connectivity index (χ2v) is 3.35. The molecule has 1 aromatic rings. The fourth-order valence-electron chi connectivity index (χ4n) is 1.08. The van der Waals surface area contributed by atoms with Gasteiger partial charge in [-0.05, 0) is 17.7 Å². The highest BCUT2D eigenvalue weighted by molar-refractivity contribution is 5.83. The number of aromatic hydroxyl groups is 1. The van der Waals surface area contributed by atoms with Crippen molar-refractivity contribution in [3.05, 3.63) is 29.8 Å². The highest BCUT2D eigenvalue weighted by Gasteiger charge is 2.01. The minimum atomic E-state index is -0.247. The van der Waals surface area contributed by atoms with Crippen LogP contribution >= 0.6 is 0 Å². The van der Waals surface area contributed by atoms with Gasteiger partial charge in [0.1, 0.15) is 5.75 Å². The topological polar surface area (TPSA) is 78.4 Å². The first-order chi connectivity index (χ1) is 7.58. The van der Waals surface area contributed by atoms with Crippen LogP contribution in [0.15, 0.2) is 24.3 Å². The van der Waals surface area contributed by atoms with E-state index in [-0.39, 0.29) is 24.1 Å². The molecule has 86 valence electrons. The fraction of sp³-hybridized carbons (Fsp3) is 0.273. The molecule has 0 aliphatic heterocycles. The Morgan fingerprint density at radius 2 is 1.81 bits per heavy atom. The van der Waals surface area contributed by atoms with Gasteiger partial charge in [0.05, 0.1) is 6.54 Å². The molecule has 0 aromatic heterocycles. The van der Waals surface area contributed by atoms with Crippen LogP contribution in [0.5, 0.6) is 5.75 Å². The van der Waals surface area contributed by atoms with Gasteiger partial charge < -0.3 is 15.7 Å². The Labute approximate surface area is 93.5 Å². The standard InChI is InChI=1S/C11H14N2O3/c1-8(14)12-7-11(16)13-6-9-2-4-10(15)5-3-9/h2-5,15H,6-7H2,1H3,(H,12,14)(H,13,16). The Kier molecular flexibility index (Phi) is 4.32.